The number of aromatic nitrogens is 5. The van der Waals surface area contributed by atoms with E-state index in [1.807, 2.05) is 0 Å². The van der Waals surface area contributed by atoms with Crippen molar-refractivity contribution >= 4 is 12.1 Å². The first-order valence-corrected chi connectivity index (χ1v) is 13.0. The molecule has 43 heavy (non-hydrogen) atoms. The van der Waals surface area contributed by atoms with Gasteiger partial charge in [-0.15, -0.1) is 0 Å². The predicted molar refractivity (Wildman–Crippen MR) is 141 cm³/mol. The molecule has 16 heteroatoms. The van der Waals surface area contributed by atoms with Gasteiger partial charge in [-0.1, -0.05) is 0 Å². The van der Waals surface area contributed by atoms with Crippen molar-refractivity contribution in [2.24, 2.45) is 0 Å². The molecule has 1 saturated heterocycles. The molecule has 1 aliphatic heterocycles. The average molecular weight is 595 g/mol. The van der Waals surface area contributed by atoms with Crippen LogP contribution in [0, 0.1) is 0 Å². The Kier molecular flexibility index (Phi) is 6.64. The Morgan fingerprint density at radius 2 is 1.28 bits per heavy atom. The van der Waals surface area contributed by atoms with Crippen LogP contribution in [0.25, 0.3) is 46.3 Å². The number of rotatable bonds is 6. The van der Waals surface area contributed by atoms with Gasteiger partial charge in [-0.25, -0.2) is 34.5 Å². The third-order valence-corrected chi connectivity index (χ3v) is 6.17. The third-order valence-electron chi connectivity index (χ3n) is 6.17. The van der Waals surface area contributed by atoms with Gasteiger partial charge in [0.15, 0.2) is 28.5 Å². The molecule has 0 spiro atoms. The first kappa shape index (κ1) is 27.9. The Hall–Kier alpha value is -5.25. The molecule has 0 aromatic carbocycles. The van der Waals surface area contributed by atoms with Crippen LogP contribution >= 0.6 is 0 Å². The molecule has 0 radical (unpaired) electrons. The highest BCUT2D eigenvalue weighted by molar-refractivity contribution is 5.87. The maximum Gasteiger partial charge on any atom is 0.413 e. The smallest absolute Gasteiger partial charge is 0.413 e. The van der Waals surface area contributed by atoms with Gasteiger partial charge in [0.25, 0.3) is 0 Å². The molecule has 0 saturated carbocycles. The summed E-state index contributed by atoms with van der Waals surface area (Å²) in [5.41, 5.74) is -0.581. The van der Waals surface area contributed by atoms with Gasteiger partial charge < -0.3 is 36.3 Å². The Morgan fingerprint density at radius 3 is 1.81 bits per heavy atom. The van der Waals surface area contributed by atoms with Crippen molar-refractivity contribution in [1.29, 1.82) is 0 Å². The van der Waals surface area contributed by atoms with Crippen LogP contribution < -0.4 is 0 Å². The number of nitrogens with zero attached hydrogens (tertiary/aromatic N) is 6. The minimum Gasteiger partial charge on any atom is -0.464 e. The third kappa shape index (κ3) is 5.39. The van der Waals surface area contributed by atoms with Gasteiger partial charge in [0.2, 0.25) is 29.5 Å². The Labute approximate surface area is 243 Å². The lowest BCUT2D eigenvalue weighted by Gasteiger charge is -2.34. The summed E-state index contributed by atoms with van der Waals surface area (Å²) in [4.78, 5) is 47.6. The second kappa shape index (κ2) is 10.2. The molecule has 0 aliphatic carbocycles. The van der Waals surface area contributed by atoms with Crippen molar-refractivity contribution in [1.82, 2.24) is 29.8 Å². The number of hydrogen-bond acceptors (Lipinski definition) is 15. The van der Waals surface area contributed by atoms with E-state index >= 15 is 0 Å². The highest BCUT2D eigenvalue weighted by Gasteiger charge is 2.48. The second-order valence-corrected chi connectivity index (χ2v) is 10.8. The van der Waals surface area contributed by atoms with Crippen LogP contribution in [-0.2, 0) is 14.2 Å². The van der Waals surface area contributed by atoms with E-state index in [0.717, 1.165) is 6.26 Å². The zero-order valence-electron chi connectivity index (χ0n) is 23.9. The van der Waals surface area contributed by atoms with E-state index in [9.17, 15) is 9.59 Å². The van der Waals surface area contributed by atoms with Crippen molar-refractivity contribution in [3.63, 3.8) is 0 Å². The van der Waals surface area contributed by atoms with Crippen molar-refractivity contribution in [3.05, 3.63) is 42.9 Å². The fourth-order valence-corrected chi connectivity index (χ4v) is 4.24. The molecule has 1 aliphatic rings. The fourth-order valence-electron chi connectivity index (χ4n) is 4.24. The molecule has 5 aromatic heterocycles. The van der Waals surface area contributed by atoms with E-state index < -0.39 is 29.4 Å². The molecule has 1 unspecified atom stereocenters. The topological polar surface area (TPSA) is 195 Å². The van der Waals surface area contributed by atoms with Crippen LogP contribution in [0.15, 0.2) is 53.4 Å². The molecule has 1 amide bonds. The van der Waals surface area contributed by atoms with E-state index in [1.54, 1.807) is 34.6 Å². The Balaban J connectivity index is 1.18. The SMILES string of the molecule is COC(=O)c1coc(-c2coc(-c3coc(-c4coc(-c5coc(C6COC(C)(C)N6C(=O)OC(C)(C)C)n5)n4)n3)n2)n1. The molecule has 6 rings (SSSR count). The number of hydrogen-bond donors (Lipinski definition) is 0. The average Bonchev–Trinajstić information content (AvgIpc) is 3.78. The largest absolute Gasteiger partial charge is 0.464 e. The van der Waals surface area contributed by atoms with Crippen LogP contribution in [-0.4, -0.2) is 66.9 Å². The predicted octanol–water partition coefficient (Wildman–Crippen LogP) is 5.13. The van der Waals surface area contributed by atoms with Gasteiger partial charge in [-0.2, -0.15) is 0 Å². The summed E-state index contributed by atoms with van der Waals surface area (Å²) in [6, 6.07) is -0.628. The quantitative estimate of drug-likeness (QED) is 0.235. The Bertz CT molecular complexity index is 1780. The van der Waals surface area contributed by atoms with Gasteiger partial charge in [0.1, 0.15) is 48.7 Å². The van der Waals surface area contributed by atoms with Crippen molar-refractivity contribution in [2.45, 2.75) is 52.0 Å². The van der Waals surface area contributed by atoms with Gasteiger partial charge in [0, 0.05) is 0 Å². The Morgan fingerprint density at radius 1 is 0.791 bits per heavy atom. The summed E-state index contributed by atoms with van der Waals surface area (Å²) in [5, 5.41) is 0. The molecule has 5 aromatic rings. The van der Waals surface area contributed by atoms with Gasteiger partial charge in [-0.3, -0.25) is 4.90 Å². The highest BCUT2D eigenvalue weighted by Crippen LogP contribution is 2.38. The normalized spacial score (nSPS) is 16.5. The summed E-state index contributed by atoms with van der Waals surface area (Å²) >= 11 is 0. The maximum absolute atomic E-state index is 13.0. The van der Waals surface area contributed by atoms with E-state index in [4.69, 9.17) is 31.6 Å². The van der Waals surface area contributed by atoms with Crippen molar-refractivity contribution < 1.29 is 45.9 Å². The van der Waals surface area contributed by atoms with Crippen LogP contribution in [0.3, 0.4) is 0 Å². The molecule has 0 N–H and O–H groups in total. The maximum atomic E-state index is 13.0. The van der Waals surface area contributed by atoms with Gasteiger partial charge >= 0.3 is 12.1 Å². The van der Waals surface area contributed by atoms with E-state index in [1.165, 1.54) is 37.1 Å². The monoisotopic (exact) mass is 594 g/mol. The summed E-state index contributed by atoms with van der Waals surface area (Å²) < 4.78 is 43.7. The molecule has 1 atom stereocenters. The molecular formula is C27H26N6O10. The minimum absolute atomic E-state index is 0.00683. The number of methoxy groups -OCH3 is 1. The summed E-state index contributed by atoms with van der Waals surface area (Å²) in [5.74, 6) is 0.0233. The zero-order valence-corrected chi connectivity index (χ0v) is 23.9. The molecule has 1 fully saturated rings. The fraction of sp³-hybridized carbons (Fsp3) is 0.370. The number of esters is 1. The molecule has 16 nitrogen and oxygen atoms in total. The number of carbonyl (C=O) groups excluding carboxylic acids is 2. The van der Waals surface area contributed by atoms with Crippen LogP contribution in [0.4, 0.5) is 4.79 Å². The second-order valence-electron chi connectivity index (χ2n) is 10.8. The lowest BCUT2D eigenvalue weighted by atomic mass is 10.2. The lowest BCUT2D eigenvalue weighted by Crippen LogP contribution is -2.47. The first-order valence-electron chi connectivity index (χ1n) is 13.0. The number of oxazole rings is 5. The van der Waals surface area contributed by atoms with Crippen LogP contribution in [0.2, 0.25) is 0 Å². The molecular weight excluding hydrogens is 568 g/mol. The van der Waals surface area contributed by atoms with E-state index in [2.05, 4.69) is 29.7 Å². The number of ether oxygens (including phenoxy) is 3. The van der Waals surface area contributed by atoms with Gasteiger partial charge in [-0.05, 0) is 34.6 Å². The first-order chi connectivity index (χ1) is 20.4. The van der Waals surface area contributed by atoms with E-state index in [0.29, 0.717) is 0 Å². The van der Waals surface area contributed by atoms with Crippen molar-refractivity contribution in [3.8, 4) is 46.3 Å². The number of carbonyl (C=O) groups is 2. The minimum atomic E-state index is -0.940. The molecule has 0 bridgehead atoms. The van der Waals surface area contributed by atoms with Crippen molar-refractivity contribution in [2.75, 3.05) is 13.7 Å². The summed E-state index contributed by atoms with van der Waals surface area (Å²) in [6.45, 7) is 9.04. The molecule has 224 valence electrons. The summed E-state index contributed by atoms with van der Waals surface area (Å²) in [7, 11) is 1.24. The molecule has 6 heterocycles. The standard InChI is InChI=1S/C27H26N6O10/c1-26(2,3)43-25(35)33-18(12-42-27(33,4)5)23-31-16(10-41-23)21-29-14(8-39-21)19-28-13(7-37-19)20-30-15(9-38-20)22-32-17(11-40-22)24(34)36-6/h7-11,18H,12H2,1-6H3. The summed E-state index contributed by atoms with van der Waals surface area (Å²) in [6.07, 6.45) is 5.94. The number of amides is 1. The lowest BCUT2D eigenvalue weighted by molar-refractivity contribution is -0.0634. The van der Waals surface area contributed by atoms with Crippen LogP contribution in [0.1, 0.15) is 57.0 Å². The van der Waals surface area contributed by atoms with Gasteiger partial charge in [0.05, 0.1) is 13.7 Å². The van der Waals surface area contributed by atoms with E-state index in [-0.39, 0.29) is 64.5 Å². The zero-order chi connectivity index (χ0) is 30.5. The van der Waals surface area contributed by atoms with Crippen LogP contribution in [0.5, 0.6) is 0 Å². The highest BCUT2D eigenvalue weighted by atomic mass is 16.6.